The Kier molecular flexibility index (Phi) is 0.736. The molecule has 0 aromatic rings. The number of rotatable bonds is 0. The summed E-state index contributed by atoms with van der Waals surface area (Å²) in [6.45, 7) is 0.0139. The van der Waals surface area contributed by atoms with Crippen molar-refractivity contribution in [1.82, 2.24) is 5.48 Å². The first-order valence-corrected chi connectivity index (χ1v) is 1.47. The normalized spacial score (nSPS) is 21.0. The quantitative estimate of drug-likeness (QED) is 0.386. The Morgan fingerprint density at radius 2 is 2.67 bits per heavy atom. The maximum absolute atomic E-state index is 9.88. The van der Waals surface area contributed by atoms with Crippen LogP contribution in [-0.4, -0.2) is 12.5 Å². The molecule has 0 radical (unpaired) electrons. The molecular formula is C2H3NO3. The van der Waals surface area contributed by atoms with Gasteiger partial charge in [-0.25, -0.2) is 10.4 Å². The molecule has 0 aliphatic carbocycles. The van der Waals surface area contributed by atoms with E-state index in [0.29, 0.717) is 0 Å². The smallest absolute Gasteiger partial charge is 0.270 e. The van der Waals surface area contributed by atoms with Gasteiger partial charge in [0.1, 0.15) is 0 Å². The van der Waals surface area contributed by atoms with Gasteiger partial charge < -0.3 is 0 Å². The molecule has 0 spiro atoms. The van der Waals surface area contributed by atoms with E-state index >= 15 is 0 Å². The topological polar surface area (TPSA) is 47.6 Å². The van der Waals surface area contributed by atoms with Gasteiger partial charge in [-0.3, -0.25) is 4.79 Å². The molecule has 34 valence electrons. The maximum atomic E-state index is 9.88. The summed E-state index contributed by atoms with van der Waals surface area (Å²) in [5.41, 5.74) is 1.96. The Bertz CT molecular complexity index is 63.2. The minimum Gasteiger partial charge on any atom is -0.270 e. The van der Waals surface area contributed by atoms with Crippen molar-refractivity contribution in [3.05, 3.63) is 0 Å². The van der Waals surface area contributed by atoms with Crippen LogP contribution in [0.4, 0.5) is 0 Å². The number of hydrogen-bond donors (Lipinski definition) is 1. The molecule has 1 aliphatic heterocycles. The molecule has 0 aromatic carbocycles. The minimum absolute atomic E-state index is 0.0139. The summed E-state index contributed by atoms with van der Waals surface area (Å²) in [4.78, 5) is 17.9. The van der Waals surface area contributed by atoms with Gasteiger partial charge in [-0.05, 0) is 0 Å². The standard InChI is InChI=1S/C2H3NO3/c4-2-1-5-6-3-2/h1H2,(H,3,4). The highest BCUT2D eigenvalue weighted by Gasteiger charge is 2.08. The lowest BCUT2D eigenvalue weighted by Gasteiger charge is -1.77. The lowest BCUT2D eigenvalue weighted by molar-refractivity contribution is -0.285. The number of carbonyl (C=O) groups excluding carboxylic acids is 1. The summed E-state index contributed by atoms with van der Waals surface area (Å²) in [6.07, 6.45) is 0. The Labute approximate surface area is 33.9 Å². The summed E-state index contributed by atoms with van der Waals surface area (Å²) < 4.78 is 0. The maximum Gasteiger partial charge on any atom is 0.275 e. The first kappa shape index (κ1) is 3.58. The monoisotopic (exact) mass is 89.0 g/mol. The molecule has 4 heteroatoms. The molecule has 4 nitrogen and oxygen atoms in total. The van der Waals surface area contributed by atoms with Gasteiger partial charge in [-0.1, -0.05) is 0 Å². The van der Waals surface area contributed by atoms with Gasteiger partial charge in [0, 0.05) is 0 Å². The van der Waals surface area contributed by atoms with E-state index in [1.165, 1.54) is 0 Å². The van der Waals surface area contributed by atoms with E-state index in [1.54, 1.807) is 0 Å². The zero-order valence-electron chi connectivity index (χ0n) is 2.93. The summed E-state index contributed by atoms with van der Waals surface area (Å²) in [5.74, 6) is -0.241. The van der Waals surface area contributed by atoms with Crippen LogP contribution in [0, 0.1) is 0 Å². The summed E-state index contributed by atoms with van der Waals surface area (Å²) in [6, 6.07) is 0. The van der Waals surface area contributed by atoms with Crippen LogP contribution >= 0.6 is 0 Å². The summed E-state index contributed by atoms with van der Waals surface area (Å²) >= 11 is 0. The summed E-state index contributed by atoms with van der Waals surface area (Å²) in [5, 5.41) is 0. The highest BCUT2D eigenvalue weighted by Crippen LogP contribution is 1.81. The lowest BCUT2D eigenvalue weighted by atomic mass is 10.7. The number of amides is 1. The van der Waals surface area contributed by atoms with Crippen molar-refractivity contribution in [2.45, 2.75) is 0 Å². The van der Waals surface area contributed by atoms with E-state index in [-0.39, 0.29) is 12.5 Å². The zero-order chi connectivity index (χ0) is 4.41. The average Bonchev–Trinajstić information content (AvgIpc) is 1.86. The zero-order valence-corrected chi connectivity index (χ0v) is 2.93. The lowest BCUT2D eigenvalue weighted by Crippen LogP contribution is -2.13. The van der Waals surface area contributed by atoms with Gasteiger partial charge in [-0.15, -0.1) is 4.99 Å². The van der Waals surface area contributed by atoms with E-state index in [1.807, 2.05) is 5.48 Å². The van der Waals surface area contributed by atoms with Gasteiger partial charge in [0.05, 0.1) is 0 Å². The molecule has 1 aliphatic rings. The molecule has 6 heavy (non-hydrogen) atoms. The van der Waals surface area contributed by atoms with E-state index in [0.717, 1.165) is 0 Å². The largest absolute Gasteiger partial charge is 0.275 e. The van der Waals surface area contributed by atoms with Crippen LogP contribution in [0.5, 0.6) is 0 Å². The Balaban J connectivity index is 2.37. The van der Waals surface area contributed by atoms with Gasteiger partial charge in [0.15, 0.2) is 6.61 Å². The number of carbonyl (C=O) groups is 1. The van der Waals surface area contributed by atoms with Crippen molar-refractivity contribution >= 4 is 5.91 Å². The van der Waals surface area contributed by atoms with Crippen molar-refractivity contribution in [1.29, 1.82) is 0 Å². The Morgan fingerprint density at radius 1 is 1.83 bits per heavy atom. The second-order valence-electron chi connectivity index (χ2n) is 0.871. The van der Waals surface area contributed by atoms with Crippen LogP contribution in [0.1, 0.15) is 0 Å². The average molecular weight is 89.0 g/mol. The summed E-state index contributed by atoms with van der Waals surface area (Å²) in [7, 11) is 0. The number of nitrogens with one attached hydrogen (secondary N) is 1. The van der Waals surface area contributed by atoms with Crippen molar-refractivity contribution < 1.29 is 14.7 Å². The molecule has 0 aromatic heterocycles. The molecule has 1 N–H and O–H groups in total. The highest BCUT2D eigenvalue weighted by atomic mass is 17.3. The molecule has 1 amide bonds. The second kappa shape index (κ2) is 1.24. The molecular weight excluding hydrogens is 86.0 g/mol. The number of hydrogen-bond acceptors (Lipinski definition) is 3. The van der Waals surface area contributed by atoms with Crippen molar-refractivity contribution in [2.75, 3.05) is 6.61 Å². The molecule has 0 bridgehead atoms. The molecule has 0 unspecified atom stereocenters. The Morgan fingerprint density at radius 3 is 2.83 bits per heavy atom. The van der Waals surface area contributed by atoms with Gasteiger partial charge in [-0.2, -0.15) is 0 Å². The van der Waals surface area contributed by atoms with Crippen molar-refractivity contribution in [2.24, 2.45) is 0 Å². The van der Waals surface area contributed by atoms with Gasteiger partial charge in [0.2, 0.25) is 0 Å². The van der Waals surface area contributed by atoms with Crippen LogP contribution in [0.3, 0.4) is 0 Å². The van der Waals surface area contributed by atoms with E-state index in [2.05, 4.69) is 9.88 Å². The van der Waals surface area contributed by atoms with Crippen LogP contribution < -0.4 is 5.48 Å². The fraction of sp³-hybridized carbons (Fsp3) is 0.500. The predicted octanol–water partition coefficient (Wildman–Crippen LogP) is -1.02. The first-order valence-electron chi connectivity index (χ1n) is 1.47. The fourth-order valence-electron chi connectivity index (χ4n) is 0.188. The third-order valence-corrected chi connectivity index (χ3v) is 0.404. The predicted molar refractivity (Wildman–Crippen MR) is 15.2 cm³/mol. The van der Waals surface area contributed by atoms with Crippen LogP contribution in [0.15, 0.2) is 0 Å². The highest BCUT2D eigenvalue weighted by molar-refractivity contribution is 5.76. The van der Waals surface area contributed by atoms with Gasteiger partial charge >= 0.3 is 0 Å². The third kappa shape index (κ3) is 0.474. The van der Waals surface area contributed by atoms with Crippen molar-refractivity contribution in [3.63, 3.8) is 0 Å². The molecule has 0 saturated carbocycles. The molecule has 1 rings (SSSR count). The molecule has 0 atom stereocenters. The van der Waals surface area contributed by atoms with Crippen molar-refractivity contribution in [3.8, 4) is 0 Å². The molecule has 1 fully saturated rings. The van der Waals surface area contributed by atoms with E-state index in [9.17, 15) is 4.79 Å². The number of hydroxylamine groups is 1. The van der Waals surface area contributed by atoms with E-state index < -0.39 is 0 Å². The van der Waals surface area contributed by atoms with Crippen LogP contribution in [-0.2, 0) is 14.7 Å². The second-order valence-corrected chi connectivity index (χ2v) is 0.871. The molecule has 1 heterocycles. The SMILES string of the molecule is O=C1COON1. The minimum atomic E-state index is -0.241. The van der Waals surface area contributed by atoms with Crippen LogP contribution in [0.2, 0.25) is 0 Å². The third-order valence-electron chi connectivity index (χ3n) is 0.404. The first-order chi connectivity index (χ1) is 2.89. The fourth-order valence-corrected chi connectivity index (χ4v) is 0.188. The van der Waals surface area contributed by atoms with E-state index in [4.69, 9.17) is 0 Å². The molecule has 1 saturated heterocycles. The Hall–Kier alpha value is -0.610. The van der Waals surface area contributed by atoms with Gasteiger partial charge in [0.25, 0.3) is 5.91 Å². The van der Waals surface area contributed by atoms with Crippen LogP contribution in [0.25, 0.3) is 0 Å².